The number of aromatic nitrogens is 3. The Morgan fingerprint density at radius 2 is 1.88 bits per heavy atom. The van der Waals surface area contributed by atoms with Gasteiger partial charge in [0.05, 0.1) is 10.8 Å². The highest BCUT2D eigenvalue weighted by atomic mass is 35.5. The molecule has 1 aliphatic rings. The van der Waals surface area contributed by atoms with Gasteiger partial charge < -0.3 is 10.1 Å². The fourth-order valence-electron chi connectivity index (χ4n) is 3.86. The van der Waals surface area contributed by atoms with Gasteiger partial charge in [-0.25, -0.2) is 0 Å². The normalized spacial score (nSPS) is 14.1. The molecule has 1 aromatic heterocycles. The largest absolute Gasteiger partial charge is 0.435 e. The maximum absolute atomic E-state index is 12.4. The van der Waals surface area contributed by atoms with E-state index in [4.69, 9.17) is 11.6 Å². The van der Waals surface area contributed by atoms with Crippen LogP contribution < -0.4 is 10.1 Å². The second kappa shape index (κ2) is 11.0. The summed E-state index contributed by atoms with van der Waals surface area (Å²) in [5.41, 5.74) is 1.61. The summed E-state index contributed by atoms with van der Waals surface area (Å²) in [6.07, 6.45) is 4.38. The highest BCUT2D eigenvalue weighted by molar-refractivity contribution is 7.99. The van der Waals surface area contributed by atoms with Crippen molar-refractivity contribution in [2.24, 2.45) is 0 Å². The summed E-state index contributed by atoms with van der Waals surface area (Å²) in [4.78, 5) is 12.4. The lowest BCUT2D eigenvalue weighted by atomic mass is 10.2. The van der Waals surface area contributed by atoms with Crippen LogP contribution in [0.5, 0.6) is 5.75 Å². The number of thioether (sulfide) groups is 1. The van der Waals surface area contributed by atoms with E-state index in [9.17, 15) is 13.6 Å². The number of hydrogen-bond donors (Lipinski definition) is 1. The van der Waals surface area contributed by atoms with Gasteiger partial charge in [0.15, 0.2) is 11.0 Å². The average Bonchev–Trinajstić information content (AvgIpc) is 3.47. The molecule has 33 heavy (non-hydrogen) atoms. The molecule has 2 aromatic carbocycles. The summed E-state index contributed by atoms with van der Waals surface area (Å²) in [5.74, 6) is 0.825. The summed E-state index contributed by atoms with van der Waals surface area (Å²) >= 11 is 7.75. The van der Waals surface area contributed by atoms with Crippen LogP contribution in [0.25, 0.3) is 11.4 Å². The molecule has 0 radical (unpaired) electrons. The van der Waals surface area contributed by atoms with E-state index in [2.05, 4.69) is 24.8 Å². The summed E-state index contributed by atoms with van der Waals surface area (Å²) in [6, 6.07) is 14.0. The molecule has 174 valence electrons. The van der Waals surface area contributed by atoms with Crippen molar-refractivity contribution in [2.45, 2.75) is 50.0 Å². The molecule has 3 aromatic rings. The van der Waals surface area contributed by atoms with Crippen LogP contribution in [0.2, 0.25) is 5.02 Å². The Morgan fingerprint density at radius 1 is 1.15 bits per heavy atom. The van der Waals surface area contributed by atoms with Crippen molar-refractivity contribution >= 4 is 29.3 Å². The number of hydrogen-bond acceptors (Lipinski definition) is 5. The van der Waals surface area contributed by atoms with Crippen molar-refractivity contribution in [1.29, 1.82) is 0 Å². The Balaban J connectivity index is 1.39. The van der Waals surface area contributed by atoms with Gasteiger partial charge in [0.25, 0.3) is 0 Å². The summed E-state index contributed by atoms with van der Waals surface area (Å²) in [5, 5.41) is 12.9. The van der Waals surface area contributed by atoms with Crippen molar-refractivity contribution in [2.75, 3.05) is 5.75 Å². The van der Waals surface area contributed by atoms with Crippen molar-refractivity contribution in [1.82, 2.24) is 20.1 Å². The standard InChI is InChI=1S/C23H23ClF2N4O2S/c24-19-8-4-3-7-18(19)21-28-29-23(30(21)16-5-1-2-6-16)33-14-20(31)27-13-15-9-11-17(12-10-15)32-22(25)26/h3-4,7-12,16,22H,1-2,5-6,13-14H2,(H,27,31). The molecule has 1 saturated carbocycles. The molecule has 0 unspecified atom stereocenters. The molecule has 0 saturated heterocycles. The molecule has 1 amide bonds. The van der Waals surface area contributed by atoms with E-state index in [1.54, 1.807) is 12.1 Å². The van der Waals surface area contributed by atoms with E-state index >= 15 is 0 Å². The van der Waals surface area contributed by atoms with Gasteiger partial charge in [0.2, 0.25) is 5.91 Å². The summed E-state index contributed by atoms with van der Waals surface area (Å²) in [7, 11) is 0. The number of halogens is 3. The Morgan fingerprint density at radius 3 is 2.58 bits per heavy atom. The minimum Gasteiger partial charge on any atom is -0.435 e. The molecule has 1 aliphatic carbocycles. The van der Waals surface area contributed by atoms with Crippen molar-refractivity contribution in [3.8, 4) is 17.1 Å². The van der Waals surface area contributed by atoms with Gasteiger partial charge in [-0.3, -0.25) is 9.36 Å². The molecule has 0 bridgehead atoms. The number of nitrogens with zero attached hydrogens (tertiary/aromatic N) is 3. The number of ether oxygens (including phenoxy) is 1. The zero-order valence-electron chi connectivity index (χ0n) is 17.7. The van der Waals surface area contributed by atoms with Crippen LogP contribution >= 0.6 is 23.4 Å². The predicted octanol–water partition coefficient (Wildman–Crippen LogP) is 5.72. The van der Waals surface area contributed by atoms with E-state index < -0.39 is 6.61 Å². The molecule has 4 rings (SSSR count). The maximum atomic E-state index is 12.4. The third-order valence-corrected chi connectivity index (χ3v) is 6.71. The van der Waals surface area contributed by atoms with Gasteiger partial charge >= 0.3 is 6.61 Å². The quantitative estimate of drug-likeness (QED) is 0.387. The van der Waals surface area contributed by atoms with Gasteiger partial charge in [0.1, 0.15) is 5.75 Å². The molecular weight excluding hydrogens is 470 g/mol. The van der Waals surface area contributed by atoms with Crippen LogP contribution in [0.4, 0.5) is 8.78 Å². The van der Waals surface area contributed by atoms with Gasteiger partial charge in [-0.1, -0.05) is 60.5 Å². The molecular formula is C23H23ClF2N4O2S. The van der Waals surface area contributed by atoms with Crippen LogP contribution in [-0.2, 0) is 11.3 Å². The molecule has 1 fully saturated rings. The molecule has 1 heterocycles. The van der Waals surface area contributed by atoms with E-state index in [-0.39, 0.29) is 30.0 Å². The number of rotatable bonds is 9. The van der Waals surface area contributed by atoms with E-state index in [0.717, 1.165) is 42.6 Å². The number of amides is 1. The number of alkyl halides is 2. The molecule has 0 atom stereocenters. The molecule has 1 N–H and O–H groups in total. The van der Waals surface area contributed by atoms with E-state index in [1.165, 1.54) is 23.9 Å². The predicted molar refractivity (Wildman–Crippen MR) is 124 cm³/mol. The number of nitrogens with one attached hydrogen (secondary N) is 1. The van der Waals surface area contributed by atoms with E-state index in [0.29, 0.717) is 10.2 Å². The summed E-state index contributed by atoms with van der Waals surface area (Å²) < 4.78 is 30.9. The summed E-state index contributed by atoms with van der Waals surface area (Å²) in [6.45, 7) is -2.58. The maximum Gasteiger partial charge on any atom is 0.387 e. The first-order valence-electron chi connectivity index (χ1n) is 10.6. The lowest BCUT2D eigenvalue weighted by Gasteiger charge is -2.17. The van der Waals surface area contributed by atoms with Gasteiger partial charge in [0, 0.05) is 18.2 Å². The Labute approximate surface area is 199 Å². The second-order valence-electron chi connectivity index (χ2n) is 7.68. The van der Waals surface area contributed by atoms with Crippen LogP contribution in [-0.4, -0.2) is 33.0 Å². The van der Waals surface area contributed by atoms with Crippen LogP contribution in [0.1, 0.15) is 37.3 Å². The fourth-order valence-corrected chi connectivity index (χ4v) is 4.92. The minimum absolute atomic E-state index is 0.0798. The highest BCUT2D eigenvalue weighted by Crippen LogP contribution is 2.38. The van der Waals surface area contributed by atoms with Crippen LogP contribution in [0, 0.1) is 0 Å². The first kappa shape index (κ1) is 23.5. The van der Waals surface area contributed by atoms with Crippen molar-refractivity contribution in [3.05, 3.63) is 59.1 Å². The van der Waals surface area contributed by atoms with Crippen LogP contribution in [0.15, 0.2) is 53.7 Å². The lowest BCUT2D eigenvalue weighted by Crippen LogP contribution is -2.24. The Bertz CT molecular complexity index is 1090. The van der Waals surface area contributed by atoms with Gasteiger partial charge in [-0.2, -0.15) is 8.78 Å². The number of carbonyl (C=O) groups is 1. The Kier molecular flexibility index (Phi) is 7.82. The topological polar surface area (TPSA) is 69.0 Å². The first-order chi connectivity index (χ1) is 16.0. The SMILES string of the molecule is O=C(CSc1nnc(-c2ccccc2Cl)n1C1CCCC1)NCc1ccc(OC(F)F)cc1. The third kappa shape index (κ3) is 6.03. The zero-order chi connectivity index (χ0) is 23.2. The molecule has 0 aliphatic heterocycles. The monoisotopic (exact) mass is 492 g/mol. The van der Waals surface area contributed by atoms with Crippen LogP contribution in [0.3, 0.4) is 0 Å². The molecule has 0 spiro atoms. The fraction of sp³-hybridized carbons (Fsp3) is 0.348. The average molecular weight is 493 g/mol. The first-order valence-corrected chi connectivity index (χ1v) is 12.0. The van der Waals surface area contributed by atoms with Gasteiger partial charge in [-0.15, -0.1) is 10.2 Å². The minimum atomic E-state index is -2.86. The molecule has 10 heteroatoms. The zero-order valence-corrected chi connectivity index (χ0v) is 19.3. The lowest BCUT2D eigenvalue weighted by molar-refractivity contribution is -0.118. The second-order valence-corrected chi connectivity index (χ2v) is 9.03. The Hall–Kier alpha value is -2.65. The highest BCUT2D eigenvalue weighted by Gasteiger charge is 2.26. The number of carbonyl (C=O) groups excluding carboxylic acids is 1. The van der Waals surface area contributed by atoms with Gasteiger partial charge in [-0.05, 0) is 42.7 Å². The van der Waals surface area contributed by atoms with E-state index in [1.807, 2.05) is 24.3 Å². The smallest absolute Gasteiger partial charge is 0.387 e. The van der Waals surface area contributed by atoms with Crippen molar-refractivity contribution in [3.63, 3.8) is 0 Å². The third-order valence-electron chi connectivity index (χ3n) is 5.44. The number of benzene rings is 2. The molecule has 6 nitrogen and oxygen atoms in total. The van der Waals surface area contributed by atoms with Crippen molar-refractivity contribution < 1.29 is 18.3 Å².